The lowest BCUT2D eigenvalue weighted by Gasteiger charge is -2.27. The first-order valence-corrected chi connectivity index (χ1v) is 11.9. The quantitative estimate of drug-likeness (QED) is 0.574. The molecule has 1 fully saturated rings. The van der Waals surface area contributed by atoms with Crippen LogP contribution in [0.5, 0.6) is 0 Å². The summed E-state index contributed by atoms with van der Waals surface area (Å²) in [5.74, 6) is -1.60. The molecule has 0 saturated carbocycles. The van der Waals surface area contributed by atoms with Crippen LogP contribution in [0.25, 0.3) is 10.8 Å². The molecule has 166 valence electrons. The van der Waals surface area contributed by atoms with Crippen molar-refractivity contribution in [1.29, 1.82) is 0 Å². The number of nitrogens with one attached hydrogen (secondary N) is 1. The summed E-state index contributed by atoms with van der Waals surface area (Å²) in [4.78, 5) is 26.2. The summed E-state index contributed by atoms with van der Waals surface area (Å²) in [6.07, 6.45) is 1.05. The maximum absolute atomic E-state index is 13.3. The number of nitrogens with zero attached hydrogens (tertiary/aromatic N) is 1. The van der Waals surface area contributed by atoms with E-state index in [9.17, 15) is 23.1 Å². The lowest BCUT2D eigenvalue weighted by atomic mass is 10.1. The van der Waals surface area contributed by atoms with Gasteiger partial charge in [-0.2, -0.15) is 4.72 Å². The molecule has 1 aliphatic rings. The molecule has 3 aromatic carbocycles. The van der Waals surface area contributed by atoms with Gasteiger partial charge in [-0.1, -0.05) is 60.7 Å². The van der Waals surface area contributed by atoms with E-state index in [1.807, 2.05) is 54.6 Å². The zero-order valence-electron chi connectivity index (χ0n) is 17.3. The van der Waals surface area contributed by atoms with Crippen molar-refractivity contribution in [3.8, 4) is 0 Å². The first kappa shape index (κ1) is 22.0. The normalized spacial score (nSPS) is 17.4. The molecule has 4 rings (SSSR count). The predicted molar refractivity (Wildman–Crippen MR) is 121 cm³/mol. The van der Waals surface area contributed by atoms with Crippen molar-refractivity contribution in [2.45, 2.75) is 36.2 Å². The van der Waals surface area contributed by atoms with E-state index in [2.05, 4.69) is 4.72 Å². The predicted octanol–water partition coefficient (Wildman–Crippen LogP) is 2.81. The van der Waals surface area contributed by atoms with E-state index in [0.29, 0.717) is 19.4 Å². The average Bonchev–Trinajstić information content (AvgIpc) is 3.29. The molecule has 8 heteroatoms. The van der Waals surface area contributed by atoms with Crippen LogP contribution in [0.2, 0.25) is 0 Å². The Kier molecular flexibility index (Phi) is 6.25. The van der Waals surface area contributed by atoms with E-state index in [-0.39, 0.29) is 11.3 Å². The molecule has 0 radical (unpaired) electrons. The van der Waals surface area contributed by atoms with Gasteiger partial charge < -0.3 is 10.0 Å². The summed E-state index contributed by atoms with van der Waals surface area (Å²) in [5.41, 5.74) is 0.776. The van der Waals surface area contributed by atoms with Gasteiger partial charge in [0.2, 0.25) is 15.9 Å². The Morgan fingerprint density at radius 3 is 2.41 bits per heavy atom. The first-order valence-electron chi connectivity index (χ1n) is 10.4. The maximum atomic E-state index is 13.3. The lowest BCUT2D eigenvalue weighted by Crippen LogP contribution is -2.52. The standard InChI is InChI=1S/C24H24N2O5S/c27-23(26-14-6-11-22(26)24(28)29)21(15-17-7-2-1-3-8-17)25-32(30,31)20-13-12-18-9-4-5-10-19(18)16-20/h1-5,7-10,12-13,16,21-22,25H,6,11,14-15H2,(H,28,29)/t21-,22?/m1/s1. The van der Waals surface area contributed by atoms with Crippen LogP contribution in [0.3, 0.4) is 0 Å². The molecular weight excluding hydrogens is 428 g/mol. The van der Waals surface area contributed by atoms with Gasteiger partial charge in [-0.25, -0.2) is 13.2 Å². The van der Waals surface area contributed by atoms with E-state index in [1.165, 1.54) is 11.0 Å². The molecule has 0 aliphatic carbocycles. The van der Waals surface area contributed by atoms with E-state index in [0.717, 1.165) is 16.3 Å². The fraction of sp³-hybridized carbons (Fsp3) is 0.250. The van der Waals surface area contributed by atoms with Gasteiger partial charge >= 0.3 is 5.97 Å². The fourth-order valence-electron chi connectivity index (χ4n) is 4.11. The molecule has 2 atom stereocenters. The van der Waals surface area contributed by atoms with Gasteiger partial charge in [-0.3, -0.25) is 4.79 Å². The van der Waals surface area contributed by atoms with Crippen molar-refractivity contribution >= 4 is 32.7 Å². The van der Waals surface area contributed by atoms with Crippen LogP contribution in [-0.4, -0.2) is 48.9 Å². The molecule has 1 heterocycles. The highest BCUT2D eigenvalue weighted by atomic mass is 32.2. The third-order valence-corrected chi connectivity index (χ3v) is 7.20. The van der Waals surface area contributed by atoms with Gasteiger partial charge in [0, 0.05) is 6.54 Å². The van der Waals surface area contributed by atoms with Crippen LogP contribution in [0, 0.1) is 0 Å². The number of benzene rings is 3. The monoisotopic (exact) mass is 452 g/mol. The number of fused-ring (bicyclic) bond motifs is 1. The molecule has 1 aliphatic heterocycles. The van der Waals surface area contributed by atoms with Gasteiger partial charge in [0.1, 0.15) is 12.1 Å². The molecule has 1 amide bonds. The topological polar surface area (TPSA) is 104 Å². The molecule has 2 N–H and O–H groups in total. The van der Waals surface area contributed by atoms with E-state index < -0.39 is 34.0 Å². The Balaban J connectivity index is 1.65. The van der Waals surface area contributed by atoms with Crippen LogP contribution in [0.4, 0.5) is 0 Å². The molecule has 0 spiro atoms. The summed E-state index contributed by atoms with van der Waals surface area (Å²) in [5, 5.41) is 11.2. The fourth-order valence-corrected chi connectivity index (χ4v) is 5.33. The first-order chi connectivity index (χ1) is 15.3. The number of carboxylic acid groups (broad SMARTS) is 1. The van der Waals surface area contributed by atoms with E-state index >= 15 is 0 Å². The Hall–Kier alpha value is -3.23. The lowest BCUT2D eigenvalue weighted by molar-refractivity contribution is -0.148. The molecule has 0 bridgehead atoms. The van der Waals surface area contributed by atoms with Gasteiger partial charge in [-0.15, -0.1) is 0 Å². The SMILES string of the molecule is O=C(O)C1CCCN1C(=O)[C@@H](Cc1ccccc1)NS(=O)(=O)c1ccc2ccccc2c1. The van der Waals surface area contributed by atoms with Crippen LogP contribution < -0.4 is 4.72 Å². The second-order valence-corrected chi connectivity index (χ2v) is 9.61. The Labute approximate surface area is 186 Å². The summed E-state index contributed by atoms with van der Waals surface area (Å²) < 4.78 is 29.0. The highest BCUT2D eigenvalue weighted by molar-refractivity contribution is 7.89. The van der Waals surface area contributed by atoms with Crippen molar-refractivity contribution < 1.29 is 23.1 Å². The van der Waals surface area contributed by atoms with Crippen molar-refractivity contribution in [1.82, 2.24) is 9.62 Å². The number of rotatable bonds is 7. The summed E-state index contributed by atoms with van der Waals surface area (Å²) in [6.45, 7) is 0.290. The van der Waals surface area contributed by atoms with Crippen molar-refractivity contribution in [3.05, 3.63) is 78.4 Å². The third-order valence-electron chi connectivity index (χ3n) is 5.73. The number of carbonyl (C=O) groups excluding carboxylic acids is 1. The average molecular weight is 453 g/mol. The molecule has 1 saturated heterocycles. The number of carboxylic acids is 1. The molecule has 1 unspecified atom stereocenters. The zero-order valence-corrected chi connectivity index (χ0v) is 18.2. The smallest absolute Gasteiger partial charge is 0.326 e. The van der Waals surface area contributed by atoms with Crippen LogP contribution >= 0.6 is 0 Å². The Morgan fingerprint density at radius 2 is 1.69 bits per heavy atom. The number of amides is 1. The highest BCUT2D eigenvalue weighted by Crippen LogP contribution is 2.22. The molecule has 7 nitrogen and oxygen atoms in total. The zero-order chi connectivity index (χ0) is 22.7. The molecule has 3 aromatic rings. The van der Waals surface area contributed by atoms with E-state index in [1.54, 1.807) is 12.1 Å². The summed E-state index contributed by atoms with van der Waals surface area (Å²) >= 11 is 0. The third kappa shape index (κ3) is 4.66. The van der Waals surface area contributed by atoms with Crippen LogP contribution in [-0.2, 0) is 26.0 Å². The maximum Gasteiger partial charge on any atom is 0.326 e. The van der Waals surface area contributed by atoms with Gasteiger partial charge in [-0.05, 0) is 47.7 Å². The molecule has 0 aromatic heterocycles. The van der Waals surface area contributed by atoms with Crippen molar-refractivity contribution in [2.75, 3.05) is 6.54 Å². The Bertz CT molecular complexity index is 1240. The number of aliphatic carboxylic acids is 1. The highest BCUT2D eigenvalue weighted by Gasteiger charge is 2.38. The molecule has 32 heavy (non-hydrogen) atoms. The second kappa shape index (κ2) is 9.10. The Morgan fingerprint density at radius 1 is 1.00 bits per heavy atom. The number of likely N-dealkylation sites (tertiary alicyclic amines) is 1. The minimum Gasteiger partial charge on any atom is -0.480 e. The van der Waals surface area contributed by atoms with Gasteiger partial charge in [0.25, 0.3) is 0 Å². The number of hydrogen-bond donors (Lipinski definition) is 2. The number of hydrogen-bond acceptors (Lipinski definition) is 4. The minimum atomic E-state index is -4.03. The number of carbonyl (C=O) groups is 2. The van der Waals surface area contributed by atoms with E-state index in [4.69, 9.17) is 0 Å². The van der Waals surface area contributed by atoms with Crippen molar-refractivity contribution in [3.63, 3.8) is 0 Å². The summed E-state index contributed by atoms with van der Waals surface area (Å²) in [7, 11) is -4.03. The largest absolute Gasteiger partial charge is 0.480 e. The van der Waals surface area contributed by atoms with Gasteiger partial charge in [0.15, 0.2) is 0 Å². The molecular formula is C24H24N2O5S. The second-order valence-electron chi connectivity index (χ2n) is 7.90. The minimum absolute atomic E-state index is 0.0540. The van der Waals surface area contributed by atoms with Crippen LogP contribution in [0.15, 0.2) is 77.7 Å². The van der Waals surface area contributed by atoms with Crippen LogP contribution in [0.1, 0.15) is 18.4 Å². The summed E-state index contributed by atoms with van der Waals surface area (Å²) in [6, 6.07) is 19.2. The van der Waals surface area contributed by atoms with Crippen molar-refractivity contribution in [2.24, 2.45) is 0 Å². The van der Waals surface area contributed by atoms with Gasteiger partial charge in [0.05, 0.1) is 4.90 Å². The number of sulfonamides is 1.